The second-order valence-corrected chi connectivity index (χ2v) is 6.14. The minimum atomic E-state index is -0.624. The van der Waals surface area contributed by atoms with E-state index in [4.69, 9.17) is 9.47 Å². The Hall–Kier alpha value is -0.810. The van der Waals surface area contributed by atoms with E-state index in [0.717, 1.165) is 18.9 Å². The maximum atomic E-state index is 14.0. The minimum Gasteiger partial charge on any atom is -0.487 e. The molecule has 0 spiro atoms. The highest BCUT2D eigenvalue weighted by atomic mass is 32.2. The molecule has 1 saturated heterocycles. The molecule has 0 bridgehead atoms. The molecule has 1 heterocycles. The van der Waals surface area contributed by atoms with Crippen molar-refractivity contribution in [3.63, 3.8) is 0 Å². The van der Waals surface area contributed by atoms with Crippen molar-refractivity contribution >= 4 is 11.8 Å². The van der Waals surface area contributed by atoms with Gasteiger partial charge in [-0.25, -0.2) is 8.78 Å². The molecule has 0 radical (unpaired) electrons. The minimum absolute atomic E-state index is 0.0886. The third-order valence-corrected chi connectivity index (χ3v) is 3.92. The van der Waals surface area contributed by atoms with E-state index in [0.29, 0.717) is 11.3 Å². The Labute approximate surface area is 122 Å². The molecule has 2 nitrogen and oxygen atoms in total. The average Bonchev–Trinajstić information content (AvgIpc) is 2.32. The Bertz CT molecular complexity index is 457. The molecule has 20 heavy (non-hydrogen) atoms. The SMILES string of the molecule is CSCc1cc(F)cc(F)c1OC1CC(C)OC(C)C1. The predicted molar refractivity (Wildman–Crippen MR) is 77.2 cm³/mol. The molecule has 0 aliphatic carbocycles. The van der Waals surface area contributed by atoms with Crippen molar-refractivity contribution in [2.75, 3.05) is 6.26 Å². The number of rotatable bonds is 4. The Kier molecular flexibility index (Phi) is 5.27. The molecule has 5 heteroatoms. The number of hydrogen-bond donors (Lipinski definition) is 0. The number of halogens is 2. The fourth-order valence-electron chi connectivity index (χ4n) is 2.62. The topological polar surface area (TPSA) is 18.5 Å². The van der Waals surface area contributed by atoms with Crippen LogP contribution in [-0.4, -0.2) is 24.6 Å². The van der Waals surface area contributed by atoms with E-state index in [1.54, 1.807) is 0 Å². The van der Waals surface area contributed by atoms with Gasteiger partial charge >= 0.3 is 0 Å². The third kappa shape index (κ3) is 3.85. The van der Waals surface area contributed by atoms with E-state index in [-0.39, 0.29) is 24.1 Å². The normalized spacial score (nSPS) is 26.6. The highest BCUT2D eigenvalue weighted by Gasteiger charge is 2.27. The molecule has 1 aliphatic heterocycles. The molecule has 1 aromatic carbocycles. The van der Waals surface area contributed by atoms with Gasteiger partial charge in [0.2, 0.25) is 0 Å². The summed E-state index contributed by atoms with van der Waals surface area (Å²) in [6.45, 7) is 3.96. The van der Waals surface area contributed by atoms with Crippen LogP contribution in [0.5, 0.6) is 5.75 Å². The van der Waals surface area contributed by atoms with Gasteiger partial charge in [-0.1, -0.05) is 0 Å². The maximum absolute atomic E-state index is 14.0. The number of benzene rings is 1. The van der Waals surface area contributed by atoms with Crippen LogP contribution < -0.4 is 4.74 Å². The maximum Gasteiger partial charge on any atom is 0.168 e. The molecule has 2 unspecified atom stereocenters. The van der Waals surface area contributed by atoms with Gasteiger partial charge in [-0.15, -0.1) is 0 Å². The number of thioether (sulfide) groups is 1. The van der Waals surface area contributed by atoms with Crippen LogP contribution in [0.2, 0.25) is 0 Å². The van der Waals surface area contributed by atoms with Gasteiger partial charge in [0.05, 0.1) is 12.2 Å². The second kappa shape index (κ2) is 6.76. The van der Waals surface area contributed by atoms with Gasteiger partial charge in [0.1, 0.15) is 11.9 Å². The average molecular weight is 302 g/mol. The van der Waals surface area contributed by atoms with Crippen LogP contribution in [0.4, 0.5) is 8.78 Å². The fraction of sp³-hybridized carbons (Fsp3) is 0.600. The lowest BCUT2D eigenvalue weighted by Gasteiger charge is -2.32. The first-order valence-corrected chi connectivity index (χ1v) is 8.18. The van der Waals surface area contributed by atoms with Crippen molar-refractivity contribution in [2.24, 2.45) is 0 Å². The van der Waals surface area contributed by atoms with Crippen molar-refractivity contribution < 1.29 is 18.3 Å². The van der Waals surface area contributed by atoms with Crippen molar-refractivity contribution in [2.45, 2.75) is 50.8 Å². The van der Waals surface area contributed by atoms with E-state index in [1.165, 1.54) is 17.8 Å². The predicted octanol–water partition coefficient (Wildman–Crippen LogP) is 4.16. The summed E-state index contributed by atoms with van der Waals surface area (Å²) in [5.74, 6) is -0.473. The first-order chi connectivity index (χ1) is 9.49. The van der Waals surface area contributed by atoms with Crippen LogP contribution in [0.25, 0.3) is 0 Å². The van der Waals surface area contributed by atoms with Gasteiger partial charge in [0, 0.05) is 30.2 Å². The lowest BCUT2D eigenvalue weighted by molar-refractivity contribution is -0.0729. The lowest BCUT2D eigenvalue weighted by atomic mass is 10.0. The second-order valence-electron chi connectivity index (χ2n) is 5.28. The Morgan fingerprint density at radius 1 is 1.25 bits per heavy atom. The van der Waals surface area contributed by atoms with Crippen LogP contribution in [0.3, 0.4) is 0 Å². The van der Waals surface area contributed by atoms with E-state index < -0.39 is 11.6 Å². The van der Waals surface area contributed by atoms with Crippen LogP contribution in [0.1, 0.15) is 32.3 Å². The largest absolute Gasteiger partial charge is 0.487 e. The van der Waals surface area contributed by atoms with Gasteiger partial charge in [0.25, 0.3) is 0 Å². The van der Waals surface area contributed by atoms with Gasteiger partial charge in [-0.2, -0.15) is 11.8 Å². The first-order valence-electron chi connectivity index (χ1n) is 6.78. The summed E-state index contributed by atoms with van der Waals surface area (Å²) in [5, 5.41) is 0. The van der Waals surface area contributed by atoms with Gasteiger partial charge < -0.3 is 9.47 Å². The molecule has 0 saturated carbocycles. The van der Waals surface area contributed by atoms with Crippen LogP contribution in [0, 0.1) is 11.6 Å². The molecule has 1 aliphatic rings. The summed E-state index contributed by atoms with van der Waals surface area (Å²) >= 11 is 1.51. The standard InChI is InChI=1S/C15H20F2O2S/c1-9-4-13(5-10(2)18-9)19-15-11(8-20-3)6-12(16)7-14(15)17/h6-7,9-10,13H,4-5,8H2,1-3H3. The van der Waals surface area contributed by atoms with Crippen LogP contribution in [0.15, 0.2) is 12.1 Å². The molecule has 0 aromatic heterocycles. The zero-order chi connectivity index (χ0) is 14.7. The molecule has 2 atom stereocenters. The fourth-order valence-corrected chi connectivity index (χ4v) is 3.14. The van der Waals surface area contributed by atoms with E-state index in [1.807, 2.05) is 20.1 Å². The summed E-state index contributed by atoms with van der Waals surface area (Å²) in [4.78, 5) is 0. The molecule has 0 N–H and O–H groups in total. The van der Waals surface area contributed by atoms with E-state index in [2.05, 4.69) is 0 Å². The lowest BCUT2D eigenvalue weighted by Crippen LogP contribution is -2.36. The van der Waals surface area contributed by atoms with Gasteiger partial charge in [-0.3, -0.25) is 0 Å². The summed E-state index contributed by atoms with van der Waals surface area (Å²) in [5.41, 5.74) is 0.571. The summed E-state index contributed by atoms with van der Waals surface area (Å²) in [6, 6.07) is 2.23. The quantitative estimate of drug-likeness (QED) is 0.832. The van der Waals surface area contributed by atoms with Crippen molar-refractivity contribution in [3.8, 4) is 5.75 Å². The zero-order valence-electron chi connectivity index (χ0n) is 12.0. The Morgan fingerprint density at radius 2 is 1.90 bits per heavy atom. The van der Waals surface area contributed by atoms with Crippen molar-refractivity contribution in [1.82, 2.24) is 0 Å². The summed E-state index contributed by atoms with van der Waals surface area (Å²) < 4.78 is 38.8. The highest BCUT2D eigenvalue weighted by molar-refractivity contribution is 7.97. The number of hydrogen-bond acceptors (Lipinski definition) is 3. The van der Waals surface area contributed by atoms with Gasteiger partial charge in [0.15, 0.2) is 11.6 Å². The molecule has 0 amide bonds. The van der Waals surface area contributed by atoms with Crippen LogP contribution in [-0.2, 0) is 10.5 Å². The van der Waals surface area contributed by atoms with Crippen LogP contribution >= 0.6 is 11.8 Å². The Balaban J connectivity index is 2.19. The molecule has 1 fully saturated rings. The van der Waals surface area contributed by atoms with Crippen molar-refractivity contribution in [1.29, 1.82) is 0 Å². The first kappa shape index (κ1) is 15.6. The number of ether oxygens (including phenoxy) is 2. The monoisotopic (exact) mass is 302 g/mol. The van der Waals surface area contributed by atoms with E-state index >= 15 is 0 Å². The third-order valence-electron chi connectivity index (χ3n) is 3.32. The summed E-state index contributed by atoms with van der Waals surface area (Å²) in [7, 11) is 0. The molecule has 1 aromatic rings. The smallest absolute Gasteiger partial charge is 0.168 e. The highest BCUT2D eigenvalue weighted by Crippen LogP contribution is 2.31. The summed E-state index contributed by atoms with van der Waals surface area (Å²) in [6.07, 6.45) is 3.44. The molecule has 112 valence electrons. The van der Waals surface area contributed by atoms with E-state index in [9.17, 15) is 8.78 Å². The molecular formula is C15H20F2O2S. The zero-order valence-corrected chi connectivity index (χ0v) is 12.8. The Morgan fingerprint density at radius 3 is 2.50 bits per heavy atom. The van der Waals surface area contributed by atoms with Gasteiger partial charge in [-0.05, 0) is 26.2 Å². The molecular weight excluding hydrogens is 282 g/mol. The van der Waals surface area contributed by atoms with Crippen molar-refractivity contribution in [3.05, 3.63) is 29.3 Å². The molecule has 2 rings (SSSR count).